The lowest BCUT2D eigenvalue weighted by atomic mass is 10.1. The molecular formula is C28H26N4O5. The Labute approximate surface area is 212 Å². The second-order valence-corrected chi connectivity index (χ2v) is 8.58. The lowest BCUT2D eigenvalue weighted by molar-refractivity contribution is 0.0921. The summed E-state index contributed by atoms with van der Waals surface area (Å²) in [5, 5.41) is 15.9. The molecule has 0 aliphatic rings. The second-order valence-electron chi connectivity index (χ2n) is 8.58. The van der Waals surface area contributed by atoms with E-state index < -0.39 is 11.8 Å². The first-order valence-electron chi connectivity index (χ1n) is 12.0. The first kappa shape index (κ1) is 24.2. The molecule has 5 aromatic rings. The topological polar surface area (TPSA) is 108 Å². The third-order valence-electron chi connectivity index (χ3n) is 6.14. The molecule has 0 aliphatic carbocycles. The van der Waals surface area contributed by atoms with Gasteiger partial charge in [-0.1, -0.05) is 19.1 Å². The van der Waals surface area contributed by atoms with Crippen LogP contribution in [0.2, 0.25) is 0 Å². The van der Waals surface area contributed by atoms with E-state index in [1.807, 2.05) is 55.5 Å². The molecule has 9 nitrogen and oxygen atoms in total. The number of hydrogen-bond donors (Lipinski definition) is 1. The van der Waals surface area contributed by atoms with E-state index in [9.17, 15) is 14.7 Å². The number of benzene rings is 3. The van der Waals surface area contributed by atoms with Crippen LogP contribution in [0.4, 0.5) is 0 Å². The number of aromatic nitrogens is 4. The molecule has 9 heteroatoms. The van der Waals surface area contributed by atoms with Crippen LogP contribution in [0.1, 0.15) is 23.7 Å². The van der Waals surface area contributed by atoms with E-state index in [4.69, 9.17) is 9.47 Å². The van der Waals surface area contributed by atoms with E-state index in [-0.39, 0.29) is 18.9 Å². The minimum Gasteiger partial charge on any atom is -0.497 e. The number of hydrogen-bond acceptors (Lipinski definition) is 7. The zero-order valence-corrected chi connectivity index (χ0v) is 20.5. The molecule has 5 rings (SSSR count). The number of aliphatic hydroxyl groups is 1. The van der Waals surface area contributed by atoms with Gasteiger partial charge < -0.3 is 14.6 Å². The standard InChI is InChI=1S/C28H26N4O5/c1-3-25(34)18-8-14-22(15-9-18)37-17-20(33)16-31-24-7-5-4-6-23(24)27-29-26(30-32(27)28(31)35)19-10-12-21(36-2)13-11-19/h4-15,20,33H,3,16-17H2,1-2H3/t20-/m0/s1. The molecule has 0 amide bonds. The number of ether oxygens (including phenoxy) is 2. The number of fused-ring (bicyclic) bond motifs is 3. The van der Waals surface area contributed by atoms with Crippen molar-refractivity contribution in [2.45, 2.75) is 26.0 Å². The fraction of sp³-hybridized carbons (Fsp3) is 0.214. The van der Waals surface area contributed by atoms with Gasteiger partial charge in [0.15, 0.2) is 17.3 Å². The van der Waals surface area contributed by atoms with E-state index in [0.29, 0.717) is 40.5 Å². The number of Topliss-reactive ketones (excluding diaryl/α,β-unsaturated/α-hetero) is 1. The van der Waals surface area contributed by atoms with Crippen LogP contribution in [-0.4, -0.2) is 49.9 Å². The molecule has 0 aliphatic heterocycles. The summed E-state index contributed by atoms with van der Waals surface area (Å²) in [7, 11) is 1.59. The van der Waals surface area contributed by atoms with Crippen molar-refractivity contribution in [3.63, 3.8) is 0 Å². The average Bonchev–Trinajstić information content (AvgIpc) is 3.40. The molecule has 188 valence electrons. The van der Waals surface area contributed by atoms with Crippen LogP contribution >= 0.6 is 0 Å². The maximum atomic E-state index is 13.4. The van der Waals surface area contributed by atoms with Crippen molar-refractivity contribution in [1.82, 2.24) is 19.2 Å². The third-order valence-corrected chi connectivity index (χ3v) is 6.14. The summed E-state index contributed by atoms with van der Waals surface area (Å²) in [6, 6.07) is 21.5. The highest BCUT2D eigenvalue weighted by Crippen LogP contribution is 2.23. The van der Waals surface area contributed by atoms with Crippen LogP contribution in [0, 0.1) is 0 Å². The fourth-order valence-electron chi connectivity index (χ4n) is 4.17. The van der Waals surface area contributed by atoms with Crippen molar-refractivity contribution in [3.8, 4) is 22.9 Å². The molecule has 0 saturated heterocycles. The molecule has 2 aromatic heterocycles. The monoisotopic (exact) mass is 498 g/mol. The van der Waals surface area contributed by atoms with Gasteiger partial charge in [-0.2, -0.15) is 4.52 Å². The van der Waals surface area contributed by atoms with Crippen LogP contribution < -0.4 is 15.2 Å². The summed E-state index contributed by atoms with van der Waals surface area (Å²) >= 11 is 0. The van der Waals surface area contributed by atoms with Crippen molar-refractivity contribution >= 4 is 22.3 Å². The summed E-state index contributed by atoms with van der Waals surface area (Å²) in [5.41, 5.74) is 2.02. The van der Waals surface area contributed by atoms with Crippen LogP contribution in [0.25, 0.3) is 27.9 Å². The Morgan fingerprint density at radius 1 is 1.00 bits per heavy atom. The average molecular weight is 499 g/mol. The van der Waals surface area contributed by atoms with Crippen molar-refractivity contribution in [2.75, 3.05) is 13.7 Å². The van der Waals surface area contributed by atoms with E-state index in [0.717, 1.165) is 10.9 Å². The van der Waals surface area contributed by atoms with Crippen molar-refractivity contribution in [1.29, 1.82) is 0 Å². The molecule has 2 heterocycles. The van der Waals surface area contributed by atoms with E-state index in [1.165, 1.54) is 9.08 Å². The van der Waals surface area contributed by atoms with Crippen LogP contribution in [0.5, 0.6) is 11.5 Å². The molecular weight excluding hydrogens is 472 g/mol. The van der Waals surface area contributed by atoms with Gasteiger partial charge in [-0.15, -0.1) is 5.10 Å². The number of rotatable bonds is 9. The van der Waals surface area contributed by atoms with E-state index in [1.54, 1.807) is 31.4 Å². The number of methoxy groups -OCH3 is 1. The number of nitrogens with zero attached hydrogens (tertiary/aromatic N) is 4. The smallest absolute Gasteiger partial charge is 0.351 e. The molecule has 0 radical (unpaired) electrons. The predicted octanol–water partition coefficient (Wildman–Crippen LogP) is 3.75. The third kappa shape index (κ3) is 4.81. The Kier molecular flexibility index (Phi) is 6.70. The minimum absolute atomic E-state index is 0.000575. The summed E-state index contributed by atoms with van der Waals surface area (Å²) < 4.78 is 13.7. The molecule has 0 unspecified atom stereocenters. The fourth-order valence-corrected chi connectivity index (χ4v) is 4.17. The Bertz CT molecular complexity index is 1620. The molecule has 37 heavy (non-hydrogen) atoms. The summed E-state index contributed by atoms with van der Waals surface area (Å²) in [6.45, 7) is 1.78. The maximum Gasteiger partial charge on any atom is 0.351 e. The highest BCUT2D eigenvalue weighted by molar-refractivity contribution is 5.96. The Morgan fingerprint density at radius 2 is 1.70 bits per heavy atom. The lowest BCUT2D eigenvalue weighted by Crippen LogP contribution is -2.34. The molecule has 1 atom stereocenters. The Hall–Kier alpha value is -4.50. The van der Waals surface area contributed by atoms with Gasteiger partial charge in [0, 0.05) is 22.9 Å². The van der Waals surface area contributed by atoms with E-state index >= 15 is 0 Å². The number of carbonyl (C=O) groups excluding carboxylic acids is 1. The number of aliphatic hydroxyl groups excluding tert-OH is 1. The summed E-state index contributed by atoms with van der Waals surface area (Å²) in [6.07, 6.45) is -0.542. The number of ketones is 1. The zero-order valence-electron chi connectivity index (χ0n) is 20.5. The van der Waals surface area contributed by atoms with Crippen LogP contribution in [0.15, 0.2) is 77.6 Å². The zero-order chi connectivity index (χ0) is 25.9. The predicted molar refractivity (Wildman–Crippen MR) is 139 cm³/mol. The van der Waals surface area contributed by atoms with Crippen molar-refractivity contribution in [3.05, 3.63) is 88.8 Å². The molecule has 3 aromatic carbocycles. The Balaban J connectivity index is 1.42. The van der Waals surface area contributed by atoms with Gasteiger partial charge >= 0.3 is 5.69 Å². The van der Waals surface area contributed by atoms with Gasteiger partial charge in [0.1, 0.15) is 24.2 Å². The van der Waals surface area contributed by atoms with Gasteiger partial charge in [0.05, 0.1) is 19.2 Å². The van der Waals surface area contributed by atoms with Gasteiger partial charge in [-0.3, -0.25) is 9.36 Å². The van der Waals surface area contributed by atoms with Crippen molar-refractivity contribution in [2.24, 2.45) is 0 Å². The van der Waals surface area contributed by atoms with Gasteiger partial charge in [0.25, 0.3) is 0 Å². The first-order valence-corrected chi connectivity index (χ1v) is 12.0. The molecule has 0 bridgehead atoms. The SMILES string of the molecule is CCC(=O)c1ccc(OC[C@@H](O)Cn2c(=O)n3nc(-c4ccc(OC)cc4)nc3c3ccccc32)cc1. The highest BCUT2D eigenvalue weighted by atomic mass is 16.5. The summed E-state index contributed by atoms with van der Waals surface area (Å²) in [5.74, 6) is 1.70. The number of carbonyl (C=O) groups is 1. The maximum absolute atomic E-state index is 13.4. The molecule has 0 spiro atoms. The second kappa shape index (κ2) is 10.2. The molecule has 0 fully saturated rings. The highest BCUT2D eigenvalue weighted by Gasteiger charge is 2.18. The van der Waals surface area contributed by atoms with Gasteiger partial charge in [-0.25, -0.2) is 9.78 Å². The van der Waals surface area contributed by atoms with Crippen molar-refractivity contribution < 1.29 is 19.4 Å². The van der Waals surface area contributed by atoms with Gasteiger partial charge in [0.2, 0.25) is 0 Å². The van der Waals surface area contributed by atoms with Crippen LogP contribution in [-0.2, 0) is 6.54 Å². The molecule has 1 N–H and O–H groups in total. The number of para-hydroxylation sites is 1. The summed E-state index contributed by atoms with van der Waals surface area (Å²) in [4.78, 5) is 29.9. The van der Waals surface area contributed by atoms with Crippen LogP contribution in [0.3, 0.4) is 0 Å². The van der Waals surface area contributed by atoms with E-state index in [2.05, 4.69) is 10.1 Å². The largest absolute Gasteiger partial charge is 0.497 e. The first-order chi connectivity index (χ1) is 18.0. The normalized spacial score (nSPS) is 12.1. The minimum atomic E-state index is -0.972. The molecule has 0 saturated carbocycles. The Morgan fingerprint density at radius 3 is 2.41 bits per heavy atom. The van der Waals surface area contributed by atoms with Gasteiger partial charge in [-0.05, 0) is 60.7 Å². The quantitative estimate of drug-likeness (QED) is 0.308. The lowest BCUT2D eigenvalue weighted by Gasteiger charge is -2.16.